The first-order chi connectivity index (χ1) is 3.80. The Morgan fingerprint density at radius 1 is 1.88 bits per heavy atom. The normalized spacial score (nSPS) is 31.2. The predicted molar refractivity (Wildman–Crippen MR) is 30.9 cm³/mol. The molecule has 0 aromatic rings. The van der Waals surface area contributed by atoms with E-state index < -0.39 is 12.1 Å². The van der Waals surface area contributed by atoms with Crippen molar-refractivity contribution in [2.24, 2.45) is 0 Å². The van der Waals surface area contributed by atoms with Crippen LogP contribution in [0.1, 0.15) is 0 Å². The molecule has 3 N–H and O–H groups in total. The fraction of sp³-hybridized carbons (Fsp3) is 0.667. The van der Waals surface area contributed by atoms with Gasteiger partial charge in [-0.3, -0.25) is 10.4 Å². The first-order valence-electron chi connectivity index (χ1n) is 2.25. The molecule has 2 unspecified atom stereocenters. The number of carboxylic acid groups (broad SMARTS) is 1. The Bertz CT molecular complexity index is 101. The summed E-state index contributed by atoms with van der Waals surface area (Å²) in [7, 11) is 0.540. The molecule has 0 radical (unpaired) electrons. The second kappa shape index (κ2) is 2.40. The van der Waals surface area contributed by atoms with E-state index in [1.54, 1.807) is 0 Å². The fourth-order valence-corrected chi connectivity index (χ4v) is 1.34. The highest BCUT2D eigenvalue weighted by Gasteiger charge is 2.19. The summed E-state index contributed by atoms with van der Waals surface area (Å²) in [5, 5.41) is 13.8. The monoisotopic (exact) mass is 134 g/mol. The lowest BCUT2D eigenvalue weighted by atomic mass is 10.5. The van der Waals surface area contributed by atoms with Gasteiger partial charge < -0.3 is 5.11 Å². The zero-order valence-electron chi connectivity index (χ0n) is 4.14. The average molecular weight is 134 g/mol. The Labute approximate surface area is 48.5 Å². The van der Waals surface area contributed by atoms with E-state index >= 15 is 0 Å². The number of hydrogen-bond acceptors (Lipinski definition) is 3. The van der Waals surface area contributed by atoms with Crippen molar-refractivity contribution in [3.63, 3.8) is 0 Å². The smallest absolute Gasteiger partial charge is 0.335 e. The molecule has 5 heteroatoms. The van der Waals surface area contributed by atoms with Crippen molar-refractivity contribution in [2.75, 3.05) is 6.29 Å². The van der Waals surface area contributed by atoms with Gasteiger partial charge in [-0.15, -0.1) is 0 Å². The highest BCUT2D eigenvalue weighted by molar-refractivity contribution is 7.36. The lowest BCUT2D eigenvalue weighted by molar-refractivity contribution is -0.139. The molecular weight excluding hydrogens is 127 g/mol. The van der Waals surface area contributed by atoms with Crippen molar-refractivity contribution in [2.45, 2.75) is 6.17 Å². The molecular formula is C3H7N2O2P. The van der Waals surface area contributed by atoms with Crippen LogP contribution in [0.4, 0.5) is 0 Å². The number of rotatable bonds is 1. The van der Waals surface area contributed by atoms with Crippen LogP contribution in [0.5, 0.6) is 0 Å². The van der Waals surface area contributed by atoms with Crippen molar-refractivity contribution in [1.82, 2.24) is 10.4 Å². The second-order valence-corrected chi connectivity index (χ2v) is 2.47. The van der Waals surface area contributed by atoms with Crippen molar-refractivity contribution < 1.29 is 9.90 Å². The van der Waals surface area contributed by atoms with Gasteiger partial charge in [-0.05, 0) is 8.73 Å². The second-order valence-electron chi connectivity index (χ2n) is 1.47. The van der Waals surface area contributed by atoms with Gasteiger partial charge in [-0.25, -0.2) is 4.79 Å². The summed E-state index contributed by atoms with van der Waals surface area (Å²) in [6, 6.07) is 0. The average Bonchev–Trinajstić information content (AvgIpc) is 2.12. The summed E-state index contributed by atoms with van der Waals surface area (Å²) in [5.74, 6) is -0.824. The largest absolute Gasteiger partial charge is 0.479 e. The summed E-state index contributed by atoms with van der Waals surface area (Å²) >= 11 is 0. The van der Waals surface area contributed by atoms with Crippen molar-refractivity contribution in [1.29, 1.82) is 0 Å². The maximum atomic E-state index is 10.1. The molecule has 8 heavy (non-hydrogen) atoms. The highest BCUT2D eigenvalue weighted by Crippen LogP contribution is 2.08. The minimum atomic E-state index is -0.824. The van der Waals surface area contributed by atoms with E-state index in [9.17, 15) is 4.79 Å². The Hall–Kier alpha value is -0.180. The van der Waals surface area contributed by atoms with Gasteiger partial charge in [0.15, 0.2) is 6.17 Å². The molecule has 1 rings (SSSR count). The maximum absolute atomic E-state index is 10.1. The summed E-state index contributed by atoms with van der Waals surface area (Å²) in [6.45, 7) is 0. The molecule has 0 aromatic heterocycles. The minimum Gasteiger partial charge on any atom is -0.479 e. The van der Waals surface area contributed by atoms with Crippen LogP contribution in [0.15, 0.2) is 0 Å². The van der Waals surface area contributed by atoms with Gasteiger partial charge in [0.2, 0.25) is 0 Å². The van der Waals surface area contributed by atoms with Gasteiger partial charge in [-0.1, -0.05) is 0 Å². The van der Waals surface area contributed by atoms with Crippen molar-refractivity contribution in [3.05, 3.63) is 0 Å². The van der Waals surface area contributed by atoms with Crippen LogP contribution < -0.4 is 10.4 Å². The predicted octanol–water partition coefficient (Wildman–Crippen LogP) is -0.859. The molecule has 0 bridgehead atoms. The molecule has 1 saturated heterocycles. The molecule has 2 atom stereocenters. The van der Waals surface area contributed by atoms with E-state index in [0.29, 0.717) is 8.73 Å². The molecule has 0 aliphatic carbocycles. The molecule has 46 valence electrons. The van der Waals surface area contributed by atoms with E-state index in [4.69, 9.17) is 5.11 Å². The van der Waals surface area contributed by atoms with Crippen LogP contribution in [0.3, 0.4) is 0 Å². The Kier molecular flexibility index (Phi) is 1.78. The minimum absolute atomic E-state index is 0.506. The Morgan fingerprint density at radius 2 is 2.62 bits per heavy atom. The van der Waals surface area contributed by atoms with Gasteiger partial charge >= 0.3 is 5.97 Å². The zero-order valence-corrected chi connectivity index (χ0v) is 5.14. The fourth-order valence-electron chi connectivity index (χ4n) is 0.506. The molecule has 0 aromatic carbocycles. The highest BCUT2D eigenvalue weighted by atomic mass is 31.1. The summed E-state index contributed by atoms with van der Waals surface area (Å²) < 4.78 is 0. The number of nitrogens with one attached hydrogen (secondary N) is 2. The molecule has 1 fully saturated rings. The summed E-state index contributed by atoms with van der Waals surface area (Å²) in [5.41, 5.74) is 0. The number of aliphatic carboxylic acids is 1. The quantitative estimate of drug-likeness (QED) is 0.408. The molecule has 1 aliphatic rings. The molecule has 0 spiro atoms. The SMILES string of the molecule is O=C(O)C1NCPN1. The number of carboxylic acids is 1. The third kappa shape index (κ3) is 1.15. The van der Waals surface area contributed by atoms with Gasteiger partial charge in [0.25, 0.3) is 0 Å². The van der Waals surface area contributed by atoms with E-state index in [1.807, 2.05) is 0 Å². The van der Waals surface area contributed by atoms with Crippen molar-refractivity contribution >= 4 is 14.7 Å². The van der Waals surface area contributed by atoms with Gasteiger partial charge in [-0.2, -0.15) is 0 Å². The molecule has 4 nitrogen and oxygen atoms in total. The van der Waals surface area contributed by atoms with Crippen LogP contribution in [0.25, 0.3) is 0 Å². The third-order valence-corrected chi connectivity index (χ3v) is 1.76. The molecule has 0 amide bonds. The van der Waals surface area contributed by atoms with Crippen LogP contribution >= 0.6 is 8.73 Å². The Balaban J connectivity index is 2.35. The standard InChI is InChI=1S/C3H7N2O2P/c6-3(7)2-4-1-8-5-2/h2,4-5,8H,1H2,(H,6,7). The number of carbonyl (C=O) groups is 1. The van der Waals surface area contributed by atoms with Crippen LogP contribution in [-0.2, 0) is 4.79 Å². The van der Waals surface area contributed by atoms with Crippen molar-refractivity contribution in [3.8, 4) is 0 Å². The molecule has 1 heterocycles. The summed E-state index contributed by atoms with van der Waals surface area (Å²) in [4.78, 5) is 10.1. The first kappa shape index (κ1) is 5.95. The first-order valence-corrected chi connectivity index (χ1v) is 3.46. The topological polar surface area (TPSA) is 61.4 Å². The van der Waals surface area contributed by atoms with Gasteiger partial charge in [0, 0.05) is 6.29 Å². The summed E-state index contributed by atoms with van der Waals surface area (Å²) in [6.07, 6.45) is 0.269. The van der Waals surface area contributed by atoms with Crippen LogP contribution in [-0.4, -0.2) is 23.5 Å². The van der Waals surface area contributed by atoms with E-state index in [0.717, 1.165) is 6.29 Å². The van der Waals surface area contributed by atoms with Crippen LogP contribution in [0, 0.1) is 0 Å². The van der Waals surface area contributed by atoms with E-state index in [1.165, 1.54) is 0 Å². The molecule has 1 aliphatic heterocycles. The Morgan fingerprint density at radius 3 is 2.88 bits per heavy atom. The van der Waals surface area contributed by atoms with Gasteiger partial charge in [0.05, 0.1) is 0 Å². The third-order valence-electron chi connectivity index (χ3n) is 0.888. The molecule has 0 saturated carbocycles. The lowest BCUT2D eigenvalue weighted by Crippen LogP contribution is -2.37. The zero-order chi connectivity index (χ0) is 5.98. The lowest BCUT2D eigenvalue weighted by Gasteiger charge is -2.00. The maximum Gasteiger partial charge on any atom is 0.335 e. The van der Waals surface area contributed by atoms with Crippen LogP contribution in [0.2, 0.25) is 0 Å². The van der Waals surface area contributed by atoms with Gasteiger partial charge in [0.1, 0.15) is 0 Å². The van der Waals surface area contributed by atoms with E-state index in [2.05, 4.69) is 10.4 Å². The van der Waals surface area contributed by atoms with E-state index in [-0.39, 0.29) is 0 Å². The number of hydrogen-bond donors (Lipinski definition) is 3.